The van der Waals surface area contributed by atoms with Crippen molar-refractivity contribution in [3.63, 3.8) is 0 Å². The molecule has 2 N–H and O–H groups in total. The van der Waals surface area contributed by atoms with Gasteiger partial charge in [0.2, 0.25) is 0 Å². The second-order valence-corrected chi connectivity index (χ2v) is 7.77. The van der Waals surface area contributed by atoms with Gasteiger partial charge in [-0.2, -0.15) is 0 Å². The van der Waals surface area contributed by atoms with Gasteiger partial charge in [-0.25, -0.2) is 0 Å². The third-order valence-corrected chi connectivity index (χ3v) is 5.39. The van der Waals surface area contributed by atoms with Crippen LogP contribution in [0.1, 0.15) is 97.3 Å². The predicted octanol–water partition coefficient (Wildman–Crippen LogP) is 4.24. The fraction of sp³-hybridized carbons (Fsp3) is 0.818. The van der Waals surface area contributed by atoms with Gasteiger partial charge in [0.05, 0.1) is 0 Å². The van der Waals surface area contributed by atoms with Crippen LogP contribution in [0.2, 0.25) is 0 Å². The van der Waals surface area contributed by atoms with Crippen LogP contribution < -0.4 is 0 Å². The van der Waals surface area contributed by atoms with Gasteiger partial charge in [-0.3, -0.25) is 9.59 Å². The first-order valence-electron chi connectivity index (χ1n) is 10.7. The molecule has 0 bridgehead atoms. The van der Waals surface area contributed by atoms with Gasteiger partial charge in [-0.15, -0.1) is 0 Å². The molecule has 0 aromatic carbocycles. The van der Waals surface area contributed by atoms with Crippen LogP contribution in [0.5, 0.6) is 0 Å². The summed E-state index contributed by atoms with van der Waals surface area (Å²) < 4.78 is 5.17. The average Bonchev–Trinajstić information content (AvgIpc) is 2.89. The van der Waals surface area contributed by atoms with Crippen molar-refractivity contribution in [2.24, 2.45) is 0 Å². The number of aliphatic hydroxyl groups excluding tert-OH is 1. The third kappa shape index (κ3) is 8.14. The van der Waals surface area contributed by atoms with E-state index in [9.17, 15) is 19.8 Å². The molecular weight excluding hydrogens is 344 g/mol. The first-order chi connectivity index (χ1) is 12.9. The van der Waals surface area contributed by atoms with E-state index < -0.39 is 29.6 Å². The molecule has 1 aliphatic rings. The van der Waals surface area contributed by atoms with Gasteiger partial charge in [0.25, 0.3) is 0 Å². The second kappa shape index (κ2) is 13.1. The molecular formula is C22H38O5. The summed E-state index contributed by atoms with van der Waals surface area (Å²) in [4.78, 5) is 23.3. The van der Waals surface area contributed by atoms with Crippen LogP contribution in [-0.4, -0.2) is 39.8 Å². The van der Waals surface area contributed by atoms with Gasteiger partial charge < -0.3 is 14.9 Å². The number of esters is 1. The Morgan fingerprint density at radius 3 is 1.93 bits per heavy atom. The standard InChI is InChI=1S/C22H38O5/c1-3-4-5-6-7-8-9-10-11-12-13-14-15-21(27-18(2)23)22(26)19(24)16-17-20(22)25/h16-17,19,21,24,26H,3-15H2,1-2H3/t19-,21+,22+/m1/s1. The Kier molecular flexibility index (Phi) is 11.5. The highest BCUT2D eigenvalue weighted by molar-refractivity contribution is 6.01. The fourth-order valence-electron chi connectivity index (χ4n) is 3.69. The first-order valence-corrected chi connectivity index (χ1v) is 10.7. The topological polar surface area (TPSA) is 83.8 Å². The summed E-state index contributed by atoms with van der Waals surface area (Å²) in [6, 6.07) is 0. The Hall–Kier alpha value is -1.20. The number of ketones is 1. The number of carbonyl (C=O) groups excluding carboxylic acids is 2. The van der Waals surface area contributed by atoms with Crippen molar-refractivity contribution in [3.8, 4) is 0 Å². The molecule has 5 heteroatoms. The first kappa shape index (κ1) is 23.8. The lowest BCUT2D eigenvalue weighted by Crippen LogP contribution is -2.55. The highest BCUT2D eigenvalue weighted by Gasteiger charge is 2.52. The van der Waals surface area contributed by atoms with Crippen molar-refractivity contribution in [1.29, 1.82) is 0 Å². The second-order valence-electron chi connectivity index (χ2n) is 7.77. The monoisotopic (exact) mass is 382 g/mol. The average molecular weight is 383 g/mol. The maximum absolute atomic E-state index is 12.0. The number of rotatable bonds is 15. The molecule has 0 aliphatic heterocycles. The molecule has 27 heavy (non-hydrogen) atoms. The number of ether oxygens (including phenoxy) is 1. The summed E-state index contributed by atoms with van der Waals surface area (Å²) in [5, 5.41) is 20.5. The Morgan fingerprint density at radius 2 is 1.52 bits per heavy atom. The van der Waals surface area contributed by atoms with Crippen LogP contribution in [0.4, 0.5) is 0 Å². The van der Waals surface area contributed by atoms with Crippen LogP contribution >= 0.6 is 0 Å². The van der Waals surface area contributed by atoms with Crippen LogP contribution in [0, 0.1) is 0 Å². The van der Waals surface area contributed by atoms with E-state index in [1.165, 1.54) is 70.8 Å². The van der Waals surface area contributed by atoms with E-state index in [0.29, 0.717) is 6.42 Å². The van der Waals surface area contributed by atoms with E-state index in [1.807, 2.05) is 0 Å². The zero-order valence-corrected chi connectivity index (χ0v) is 17.1. The predicted molar refractivity (Wildman–Crippen MR) is 106 cm³/mol. The van der Waals surface area contributed by atoms with Crippen molar-refractivity contribution in [1.82, 2.24) is 0 Å². The summed E-state index contributed by atoms with van der Waals surface area (Å²) >= 11 is 0. The molecule has 5 nitrogen and oxygen atoms in total. The largest absolute Gasteiger partial charge is 0.459 e. The molecule has 0 unspecified atom stereocenters. The number of carbonyl (C=O) groups is 2. The molecule has 0 fully saturated rings. The Balaban J connectivity index is 2.18. The Labute approximate surface area is 164 Å². The van der Waals surface area contributed by atoms with E-state index in [1.54, 1.807) is 0 Å². The van der Waals surface area contributed by atoms with Crippen molar-refractivity contribution in [2.45, 2.75) is 115 Å². The van der Waals surface area contributed by atoms with Crippen molar-refractivity contribution in [2.75, 3.05) is 0 Å². The van der Waals surface area contributed by atoms with E-state index in [0.717, 1.165) is 25.3 Å². The molecule has 0 spiro atoms. The Bertz CT molecular complexity index is 473. The molecule has 0 aromatic rings. The van der Waals surface area contributed by atoms with Gasteiger partial charge in [0, 0.05) is 6.92 Å². The molecule has 0 heterocycles. The zero-order chi connectivity index (χ0) is 20.1. The van der Waals surface area contributed by atoms with Gasteiger partial charge in [-0.05, 0) is 25.0 Å². The molecule has 0 saturated heterocycles. The van der Waals surface area contributed by atoms with Crippen LogP contribution in [0.25, 0.3) is 0 Å². The fourth-order valence-corrected chi connectivity index (χ4v) is 3.69. The Morgan fingerprint density at radius 1 is 1.04 bits per heavy atom. The molecule has 0 amide bonds. The van der Waals surface area contributed by atoms with Crippen molar-refractivity contribution < 1.29 is 24.5 Å². The lowest BCUT2D eigenvalue weighted by molar-refractivity contribution is -0.178. The minimum Gasteiger partial charge on any atom is -0.459 e. The van der Waals surface area contributed by atoms with E-state index in [2.05, 4.69) is 6.92 Å². The molecule has 0 aromatic heterocycles. The third-order valence-electron chi connectivity index (χ3n) is 5.39. The maximum atomic E-state index is 12.0. The number of hydrogen-bond donors (Lipinski definition) is 2. The van der Waals surface area contributed by atoms with Crippen LogP contribution in [0.15, 0.2) is 12.2 Å². The zero-order valence-electron chi connectivity index (χ0n) is 17.1. The molecule has 3 atom stereocenters. The summed E-state index contributed by atoms with van der Waals surface area (Å²) in [5.74, 6) is -1.15. The van der Waals surface area contributed by atoms with E-state index >= 15 is 0 Å². The molecule has 0 radical (unpaired) electrons. The number of hydrogen-bond acceptors (Lipinski definition) is 5. The van der Waals surface area contributed by atoms with Gasteiger partial charge in [0.1, 0.15) is 12.2 Å². The minimum atomic E-state index is -2.04. The molecule has 1 aliphatic carbocycles. The summed E-state index contributed by atoms with van der Waals surface area (Å²) in [6.45, 7) is 3.48. The number of unbranched alkanes of at least 4 members (excludes halogenated alkanes) is 11. The SMILES string of the molecule is CCCCCCCCCCCCCC[C@H](OC(C)=O)[C@@]1(O)C(=O)C=C[C@H]1O. The van der Waals surface area contributed by atoms with E-state index in [4.69, 9.17) is 4.74 Å². The van der Waals surface area contributed by atoms with Crippen molar-refractivity contribution in [3.05, 3.63) is 12.2 Å². The quantitative estimate of drug-likeness (QED) is 0.327. The summed E-state index contributed by atoms with van der Waals surface area (Å²) in [6.07, 6.45) is 15.0. The normalized spacial score (nSPS) is 23.0. The molecule has 1 rings (SSSR count). The van der Waals surface area contributed by atoms with Gasteiger partial charge in [-0.1, -0.05) is 77.6 Å². The molecule has 156 valence electrons. The van der Waals surface area contributed by atoms with Crippen LogP contribution in [0.3, 0.4) is 0 Å². The highest BCUT2D eigenvalue weighted by Crippen LogP contribution is 2.30. The smallest absolute Gasteiger partial charge is 0.303 e. The summed E-state index contributed by atoms with van der Waals surface area (Å²) in [5.41, 5.74) is -2.04. The van der Waals surface area contributed by atoms with Crippen LogP contribution in [-0.2, 0) is 14.3 Å². The van der Waals surface area contributed by atoms with Gasteiger partial charge >= 0.3 is 5.97 Å². The van der Waals surface area contributed by atoms with E-state index in [-0.39, 0.29) is 0 Å². The molecule has 0 saturated carbocycles. The lowest BCUT2D eigenvalue weighted by Gasteiger charge is -2.33. The lowest BCUT2D eigenvalue weighted by atomic mass is 9.87. The highest BCUT2D eigenvalue weighted by atomic mass is 16.6. The number of aliphatic hydroxyl groups is 2. The minimum absolute atomic E-state index is 0.373. The maximum Gasteiger partial charge on any atom is 0.303 e. The summed E-state index contributed by atoms with van der Waals surface area (Å²) in [7, 11) is 0. The van der Waals surface area contributed by atoms with Gasteiger partial charge in [0.15, 0.2) is 11.4 Å². The van der Waals surface area contributed by atoms with Crippen molar-refractivity contribution >= 4 is 11.8 Å².